The second kappa shape index (κ2) is 2.61. The minimum Gasteiger partial charge on any atom is -0.508 e. The molecule has 2 aromatic rings. The lowest BCUT2D eigenvalue weighted by molar-refractivity contribution is 0.471. The maximum absolute atomic E-state index is 9.79. The average molecular weight is 182 g/mol. The molecule has 0 heterocycles. The van der Waals surface area contributed by atoms with Crippen LogP contribution in [0.3, 0.4) is 0 Å². The number of rotatable bonds is 0. The molecule has 68 valence electrons. The highest BCUT2D eigenvalue weighted by Crippen LogP contribution is 2.34. The highest BCUT2D eigenvalue weighted by molar-refractivity contribution is 5.94. The molecule has 3 rings (SSSR count). The molecule has 14 heavy (non-hydrogen) atoms. The Balaban J connectivity index is 2.51. The zero-order chi connectivity index (χ0) is 9.54. The van der Waals surface area contributed by atoms with Crippen molar-refractivity contribution in [2.75, 3.05) is 0 Å². The summed E-state index contributed by atoms with van der Waals surface area (Å²) in [6.07, 6.45) is 5.04. The molecule has 0 saturated carbocycles. The van der Waals surface area contributed by atoms with Gasteiger partial charge in [-0.05, 0) is 28.8 Å². The second-order valence-corrected chi connectivity index (χ2v) is 3.62. The third kappa shape index (κ3) is 0.896. The lowest BCUT2D eigenvalue weighted by Gasteiger charge is -2.06. The summed E-state index contributed by atoms with van der Waals surface area (Å²) in [5.41, 5.74) is 2.24. The highest BCUT2D eigenvalue weighted by atomic mass is 16.3. The molecule has 1 N–H and O–H groups in total. The highest BCUT2D eigenvalue weighted by Gasteiger charge is 2.13. The van der Waals surface area contributed by atoms with Crippen LogP contribution < -0.4 is 0 Å². The van der Waals surface area contributed by atoms with Crippen LogP contribution in [0.5, 0.6) is 5.75 Å². The standard InChI is InChI=1S/C13H10O/c14-13-8-9-4-1-2-5-10(9)11-6-3-7-12(11)13/h1-6,8,14H,7H2. The fraction of sp³-hybridized carbons (Fsp3) is 0.0769. The molecule has 1 aliphatic carbocycles. The van der Waals surface area contributed by atoms with Crippen LogP contribution in [0.2, 0.25) is 0 Å². The summed E-state index contributed by atoms with van der Waals surface area (Å²) in [7, 11) is 0. The van der Waals surface area contributed by atoms with E-state index in [1.54, 1.807) is 0 Å². The molecule has 0 aromatic heterocycles. The molecule has 0 amide bonds. The van der Waals surface area contributed by atoms with Gasteiger partial charge >= 0.3 is 0 Å². The molecule has 1 heteroatoms. The van der Waals surface area contributed by atoms with Gasteiger partial charge in [0.05, 0.1) is 0 Å². The van der Waals surface area contributed by atoms with Gasteiger partial charge in [0.15, 0.2) is 0 Å². The number of hydrogen-bond donors (Lipinski definition) is 1. The summed E-state index contributed by atoms with van der Waals surface area (Å²) in [4.78, 5) is 0. The van der Waals surface area contributed by atoms with Crippen molar-refractivity contribution >= 4 is 16.8 Å². The smallest absolute Gasteiger partial charge is 0.120 e. The normalized spacial score (nSPS) is 13.4. The quantitative estimate of drug-likeness (QED) is 0.663. The SMILES string of the molecule is Oc1cc2ccccc2c2c1CC=C2. The predicted molar refractivity (Wildman–Crippen MR) is 58.4 cm³/mol. The van der Waals surface area contributed by atoms with Gasteiger partial charge in [-0.25, -0.2) is 0 Å². The Kier molecular flexibility index (Phi) is 1.42. The minimum atomic E-state index is 0.420. The number of phenols is 1. The van der Waals surface area contributed by atoms with Gasteiger partial charge in [0.25, 0.3) is 0 Å². The van der Waals surface area contributed by atoms with Crippen LogP contribution >= 0.6 is 0 Å². The first-order valence-corrected chi connectivity index (χ1v) is 4.76. The molecule has 1 nitrogen and oxygen atoms in total. The van der Waals surface area contributed by atoms with Gasteiger partial charge in [0, 0.05) is 5.56 Å². The molecule has 0 unspecified atom stereocenters. The molecular weight excluding hydrogens is 172 g/mol. The number of aromatic hydroxyl groups is 1. The van der Waals surface area contributed by atoms with Gasteiger partial charge in [-0.15, -0.1) is 0 Å². The van der Waals surface area contributed by atoms with Crippen LogP contribution in [0.1, 0.15) is 11.1 Å². The summed E-state index contributed by atoms with van der Waals surface area (Å²) in [6, 6.07) is 10.0. The van der Waals surface area contributed by atoms with Gasteiger partial charge in [0.1, 0.15) is 5.75 Å². The van der Waals surface area contributed by atoms with E-state index in [0.717, 1.165) is 17.4 Å². The third-order valence-corrected chi connectivity index (χ3v) is 2.78. The third-order valence-electron chi connectivity index (χ3n) is 2.78. The summed E-state index contributed by atoms with van der Waals surface area (Å²) < 4.78 is 0. The Morgan fingerprint density at radius 1 is 1.14 bits per heavy atom. The van der Waals surface area contributed by atoms with Crippen molar-refractivity contribution in [3.63, 3.8) is 0 Å². The molecular formula is C13H10O. The maximum Gasteiger partial charge on any atom is 0.120 e. The topological polar surface area (TPSA) is 20.2 Å². The second-order valence-electron chi connectivity index (χ2n) is 3.62. The largest absolute Gasteiger partial charge is 0.508 e. The zero-order valence-electron chi connectivity index (χ0n) is 7.70. The Morgan fingerprint density at radius 2 is 2.00 bits per heavy atom. The number of hydrogen-bond acceptors (Lipinski definition) is 1. The monoisotopic (exact) mass is 182 g/mol. The Morgan fingerprint density at radius 3 is 2.93 bits per heavy atom. The van der Waals surface area contributed by atoms with Gasteiger partial charge in [-0.1, -0.05) is 36.4 Å². The predicted octanol–water partition coefficient (Wildman–Crippen LogP) is 3.11. The number of allylic oxidation sites excluding steroid dienone is 1. The molecule has 0 radical (unpaired) electrons. The molecule has 2 aromatic carbocycles. The Hall–Kier alpha value is -1.76. The van der Waals surface area contributed by atoms with E-state index in [4.69, 9.17) is 0 Å². The van der Waals surface area contributed by atoms with Gasteiger partial charge in [-0.3, -0.25) is 0 Å². The number of benzene rings is 2. The minimum absolute atomic E-state index is 0.420. The molecule has 0 saturated heterocycles. The van der Waals surface area contributed by atoms with E-state index in [0.29, 0.717) is 5.75 Å². The fourth-order valence-corrected chi connectivity index (χ4v) is 2.10. The van der Waals surface area contributed by atoms with Crippen LogP contribution in [-0.2, 0) is 6.42 Å². The van der Waals surface area contributed by atoms with Crippen molar-refractivity contribution in [3.05, 3.63) is 47.5 Å². The fourth-order valence-electron chi connectivity index (χ4n) is 2.10. The molecule has 0 atom stereocenters. The summed E-state index contributed by atoms with van der Waals surface area (Å²) in [6.45, 7) is 0. The van der Waals surface area contributed by atoms with E-state index in [9.17, 15) is 5.11 Å². The molecule has 0 bridgehead atoms. The Bertz CT molecular complexity index is 538. The van der Waals surface area contributed by atoms with Crippen molar-refractivity contribution in [3.8, 4) is 5.75 Å². The van der Waals surface area contributed by atoms with Gasteiger partial charge < -0.3 is 5.11 Å². The van der Waals surface area contributed by atoms with E-state index < -0.39 is 0 Å². The maximum atomic E-state index is 9.79. The van der Waals surface area contributed by atoms with Gasteiger partial charge in [0.2, 0.25) is 0 Å². The average Bonchev–Trinajstić information content (AvgIpc) is 2.67. The van der Waals surface area contributed by atoms with E-state index in [1.807, 2.05) is 24.3 Å². The van der Waals surface area contributed by atoms with Crippen LogP contribution in [0.4, 0.5) is 0 Å². The molecule has 0 fully saturated rings. The first-order valence-electron chi connectivity index (χ1n) is 4.76. The van der Waals surface area contributed by atoms with Crippen molar-refractivity contribution in [2.45, 2.75) is 6.42 Å². The number of phenolic OH excluding ortho intramolecular Hbond substituents is 1. The van der Waals surface area contributed by atoms with E-state index in [2.05, 4.69) is 18.2 Å². The first kappa shape index (κ1) is 7.63. The zero-order valence-corrected chi connectivity index (χ0v) is 7.70. The summed E-state index contributed by atoms with van der Waals surface area (Å²) in [5, 5.41) is 12.1. The Labute approximate surface area is 82.3 Å². The van der Waals surface area contributed by atoms with Crippen molar-refractivity contribution in [1.82, 2.24) is 0 Å². The van der Waals surface area contributed by atoms with E-state index >= 15 is 0 Å². The molecule has 0 spiro atoms. The summed E-state index contributed by atoms with van der Waals surface area (Å²) in [5.74, 6) is 0.420. The number of fused-ring (bicyclic) bond motifs is 3. The van der Waals surface area contributed by atoms with E-state index in [-0.39, 0.29) is 0 Å². The van der Waals surface area contributed by atoms with Crippen molar-refractivity contribution in [1.29, 1.82) is 0 Å². The van der Waals surface area contributed by atoms with Crippen LogP contribution in [0.25, 0.3) is 16.8 Å². The van der Waals surface area contributed by atoms with Crippen LogP contribution in [0.15, 0.2) is 36.4 Å². The lowest BCUT2D eigenvalue weighted by atomic mass is 10.00. The van der Waals surface area contributed by atoms with Crippen LogP contribution in [-0.4, -0.2) is 5.11 Å². The molecule has 0 aliphatic heterocycles. The lowest BCUT2D eigenvalue weighted by Crippen LogP contribution is -1.85. The van der Waals surface area contributed by atoms with Crippen LogP contribution in [0, 0.1) is 0 Å². The van der Waals surface area contributed by atoms with E-state index in [1.165, 1.54) is 10.9 Å². The van der Waals surface area contributed by atoms with Crippen molar-refractivity contribution in [2.24, 2.45) is 0 Å². The summed E-state index contributed by atoms with van der Waals surface area (Å²) >= 11 is 0. The molecule has 1 aliphatic rings. The first-order chi connectivity index (χ1) is 6.86. The van der Waals surface area contributed by atoms with Gasteiger partial charge in [-0.2, -0.15) is 0 Å². The van der Waals surface area contributed by atoms with Crippen molar-refractivity contribution < 1.29 is 5.11 Å².